The molecule has 0 spiro atoms. The van der Waals surface area contributed by atoms with Gasteiger partial charge in [0, 0.05) is 30.9 Å². The van der Waals surface area contributed by atoms with Gasteiger partial charge in [-0.1, -0.05) is 64.1 Å². The normalized spacial score (nSPS) is 11.0. The number of amides is 1. The van der Waals surface area contributed by atoms with Crippen molar-refractivity contribution in [1.82, 2.24) is 0 Å². The Morgan fingerprint density at radius 3 is 2.00 bits per heavy atom. The highest BCUT2D eigenvalue weighted by Crippen LogP contribution is 2.32. The van der Waals surface area contributed by atoms with Crippen LogP contribution in [0.25, 0.3) is 0 Å². The molecule has 2 aromatic rings. The van der Waals surface area contributed by atoms with Crippen LogP contribution in [0.4, 0.5) is 11.4 Å². The lowest BCUT2D eigenvalue weighted by atomic mass is 9.92. The Morgan fingerprint density at radius 2 is 1.50 bits per heavy atom. The molecule has 0 fully saturated rings. The van der Waals surface area contributed by atoms with E-state index in [1.54, 1.807) is 0 Å². The molecule has 3 heteroatoms. The van der Waals surface area contributed by atoms with Crippen molar-refractivity contribution < 1.29 is 4.79 Å². The van der Waals surface area contributed by atoms with E-state index in [0.717, 1.165) is 17.9 Å². The second kappa shape index (κ2) is 9.42. The predicted octanol–water partition coefficient (Wildman–Crippen LogP) is 5.79. The van der Waals surface area contributed by atoms with Crippen molar-refractivity contribution in [1.29, 1.82) is 0 Å². The van der Waals surface area contributed by atoms with Crippen LogP contribution in [-0.4, -0.2) is 19.0 Å². The van der Waals surface area contributed by atoms with Gasteiger partial charge >= 0.3 is 0 Å². The summed E-state index contributed by atoms with van der Waals surface area (Å²) in [5.74, 6) is 0.829. The van der Waals surface area contributed by atoms with E-state index in [2.05, 4.69) is 75.2 Å². The first-order chi connectivity index (χ1) is 12.4. The van der Waals surface area contributed by atoms with E-state index in [1.165, 1.54) is 11.1 Å². The molecule has 2 rings (SSSR count). The number of hydrogen-bond donors (Lipinski definition) is 1. The van der Waals surface area contributed by atoms with Crippen LogP contribution in [0.15, 0.2) is 48.5 Å². The SMILES string of the molecule is CCN(CCC(=O)Nc1c(C(C)C)cccc1C(C)C)c1ccccc1. The summed E-state index contributed by atoms with van der Waals surface area (Å²) < 4.78 is 0. The van der Waals surface area contributed by atoms with Gasteiger partial charge < -0.3 is 10.2 Å². The molecule has 140 valence electrons. The molecule has 0 aliphatic heterocycles. The maximum Gasteiger partial charge on any atom is 0.226 e. The number of anilines is 2. The molecule has 3 nitrogen and oxygen atoms in total. The second-order valence-electron chi connectivity index (χ2n) is 7.33. The van der Waals surface area contributed by atoms with Crippen molar-refractivity contribution in [3.63, 3.8) is 0 Å². The van der Waals surface area contributed by atoms with Crippen molar-refractivity contribution >= 4 is 17.3 Å². The topological polar surface area (TPSA) is 32.3 Å². The molecule has 0 saturated heterocycles. The predicted molar refractivity (Wildman–Crippen MR) is 112 cm³/mol. The number of nitrogens with one attached hydrogen (secondary N) is 1. The first kappa shape index (κ1) is 20.0. The second-order valence-corrected chi connectivity index (χ2v) is 7.33. The maximum atomic E-state index is 12.7. The van der Waals surface area contributed by atoms with E-state index in [1.807, 2.05) is 18.2 Å². The lowest BCUT2D eigenvalue weighted by molar-refractivity contribution is -0.116. The smallest absolute Gasteiger partial charge is 0.226 e. The molecule has 0 aliphatic carbocycles. The van der Waals surface area contributed by atoms with Crippen LogP contribution in [0.3, 0.4) is 0 Å². The third-order valence-electron chi connectivity index (χ3n) is 4.75. The highest BCUT2D eigenvalue weighted by atomic mass is 16.1. The van der Waals surface area contributed by atoms with Gasteiger partial charge in [0.05, 0.1) is 0 Å². The summed E-state index contributed by atoms with van der Waals surface area (Å²) in [6, 6.07) is 16.6. The van der Waals surface area contributed by atoms with E-state index < -0.39 is 0 Å². The number of carbonyl (C=O) groups excluding carboxylic acids is 1. The largest absolute Gasteiger partial charge is 0.371 e. The minimum absolute atomic E-state index is 0.0781. The average Bonchev–Trinajstić information content (AvgIpc) is 2.63. The van der Waals surface area contributed by atoms with Gasteiger partial charge in [0.15, 0.2) is 0 Å². The zero-order valence-corrected chi connectivity index (χ0v) is 16.8. The van der Waals surface area contributed by atoms with E-state index >= 15 is 0 Å². The molecular formula is C23H32N2O. The van der Waals surface area contributed by atoms with Gasteiger partial charge in [0.1, 0.15) is 0 Å². The van der Waals surface area contributed by atoms with E-state index in [9.17, 15) is 4.79 Å². The Morgan fingerprint density at radius 1 is 0.923 bits per heavy atom. The van der Waals surface area contributed by atoms with Gasteiger partial charge in [-0.05, 0) is 42.0 Å². The minimum atomic E-state index is 0.0781. The van der Waals surface area contributed by atoms with Crippen LogP contribution in [0.1, 0.15) is 64.0 Å². The van der Waals surface area contributed by atoms with E-state index in [-0.39, 0.29) is 5.91 Å². The van der Waals surface area contributed by atoms with E-state index in [0.29, 0.717) is 24.8 Å². The quantitative estimate of drug-likeness (QED) is 0.652. The summed E-state index contributed by atoms with van der Waals surface area (Å²) in [6.45, 7) is 12.4. The molecule has 0 unspecified atom stereocenters. The molecule has 26 heavy (non-hydrogen) atoms. The zero-order valence-electron chi connectivity index (χ0n) is 16.8. The van der Waals surface area contributed by atoms with Gasteiger partial charge in [-0.3, -0.25) is 4.79 Å². The Hall–Kier alpha value is -2.29. The van der Waals surface area contributed by atoms with Crippen LogP contribution in [0.2, 0.25) is 0 Å². The Balaban J connectivity index is 2.10. The van der Waals surface area contributed by atoms with Crippen LogP contribution in [0, 0.1) is 0 Å². The first-order valence-corrected chi connectivity index (χ1v) is 9.66. The first-order valence-electron chi connectivity index (χ1n) is 9.66. The molecular weight excluding hydrogens is 320 g/mol. The third kappa shape index (κ3) is 5.10. The summed E-state index contributed by atoms with van der Waals surface area (Å²) in [6.07, 6.45) is 0.479. The Labute approximate surface area is 158 Å². The number of benzene rings is 2. The summed E-state index contributed by atoms with van der Waals surface area (Å²) in [5.41, 5.74) is 4.58. The van der Waals surface area contributed by atoms with Crippen molar-refractivity contribution in [2.45, 2.75) is 52.9 Å². The number of carbonyl (C=O) groups is 1. The number of para-hydroxylation sites is 2. The molecule has 0 heterocycles. The summed E-state index contributed by atoms with van der Waals surface area (Å²) in [4.78, 5) is 14.9. The average molecular weight is 353 g/mol. The number of nitrogens with zero attached hydrogens (tertiary/aromatic N) is 1. The molecule has 2 aromatic carbocycles. The van der Waals surface area contributed by atoms with Gasteiger partial charge in [-0.15, -0.1) is 0 Å². The van der Waals surface area contributed by atoms with Crippen LogP contribution >= 0.6 is 0 Å². The van der Waals surface area contributed by atoms with Crippen molar-refractivity contribution in [2.24, 2.45) is 0 Å². The van der Waals surface area contributed by atoms with Gasteiger partial charge in [0.2, 0.25) is 5.91 Å². The highest BCUT2D eigenvalue weighted by molar-refractivity contribution is 5.93. The van der Waals surface area contributed by atoms with Gasteiger partial charge in [0.25, 0.3) is 0 Å². The Kier molecular flexibility index (Phi) is 7.26. The zero-order chi connectivity index (χ0) is 19.1. The van der Waals surface area contributed by atoms with E-state index in [4.69, 9.17) is 0 Å². The fourth-order valence-corrected chi connectivity index (χ4v) is 3.24. The molecule has 0 aliphatic rings. The van der Waals surface area contributed by atoms with Crippen molar-refractivity contribution in [2.75, 3.05) is 23.3 Å². The molecule has 1 amide bonds. The van der Waals surface area contributed by atoms with Crippen molar-refractivity contribution in [3.8, 4) is 0 Å². The standard InChI is InChI=1S/C23H32N2O/c1-6-25(19-11-8-7-9-12-19)16-15-22(26)24-23-20(17(2)3)13-10-14-21(23)18(4)5/h7-14,17-18H,6,15-16H2,1-5H3,(H,24,26). The minimum Gasteiger partial charge on any atom is -0.371 e. The van der Waals surface area contributed by atoms with Crippen molar-refractivity contribution in [3.05, 3.63) is 59.7 Å². The fourth-order valence-electron chi connectivity index (χ4n) is 3.24. The molecule has 0 saturated carbocycles. The van der Waals surface area contributed by atoms with Crippen LogP contribution in [0.5, 0.6) is 0 Å². The summed E-state index contributed by atoms with van der Waals surface area (Å²) in [7, 11) is 0. The van der Waals surface area contributed by atoms with Crippen LogP contribution < -0.4 is 10.2 Å². The number of hydrogen-bond acceptors (Lipinski definition) is 2. The molecule has 0 atom stereocenters. The van der Waals surface area contributed by atoms with Gasteiger partial charge in [-0.2, -0.15) is 0 Å². The highest BCUT2D eigenvalue weighted by Gasteiger charge is 2.16. The van der Waals surface area contributed by atoms with Gasteiger partial charge in [-0.25, -0.2) is 0 Å². The fraction of sp³-hybridized carbons (Fsp3) is 0.435. The summed E-state index contributed by atoms with van der Waals surface area (Å²) in [5, 5.41) is 3.21. The summed E-state index contributed by atoms with van der Waals surface area (Å²) >= 11 is 0. The third-order valence-corrected chi connectivity index (χ3v) is 4.75. The maximum absolute atomic E-state index is 12.7. The molecule has 0 bridgehead atoms. The van der Waals surface area contributed by atoms with Crippen LogP contribution in [-0.2, 0) is 4.79 Å². The Bertz CT molecular complexity index is 681. The molecule has 0 radical (unpaired) electrons. The lowest BCUT2D eigenvalue weighted by Gasteiger charge is -2.24. The molecule has 0 aromatic heterocycles. The number of rotatable bonds is 8. The molecule has 1 N–H and O–H groups in total. The lowest BCUT2D eigenvalue weighted by Crippen LogP contribution is -2.28. The monoisotopic (exact) mass is 352 g/mol.